The number of nitrogens with zero attached hydrogens (tertiary/aromatic N) is 3. The van der Waals surface area contributed by atoms with Crippen molar-refractivity contribution in [3.8, 4) is 0 Å². The van der Waals surface area contributed by atoms with Gasteiger partial charge in [-0.05, 0) is 40.3 Å². The number of hydrogen-bond donors (Lipinski definition) is 7. The number of nitrogens with one attached hydrogen (secondary N) is 2. The fourth-order valence-electron chi connectivity index (χ4n) is 5.39. The summed E-state index contributed by atoms with van der Waals surface area (Å²) in [6.07, 6.45) is 0.843. The van der Waals surface area contributed by atoms with Crippen molar-refractivity contribution in [2.24, 2.45) is 5.73 Å². The van der Waals surface area contributed by atoms with Crippen molar-refractivity contribution < 1.29 is 54.0 Å². The molecule has 0 bridgehead atoms. The van der Waals surface area contributed by atoms with E-state index >= 15 is 0 Å². The molecule has 286 valence electrons. The van der Waals surface area contributed by atoms with Gasteiger partial charge >= 0.3 is 23.9 Å². The molecule has 0 spiro atoms. The van der Waals surface area contributed by atoms with E-state index in [4.69, 9.17) is 31.0 Å². The number of amides is 2. The van der Waals surface area contributed by atoms with E-state index in [0.29, 0.717) is 12.8 Å². The average molecular weight is 739 g/mol. The second-order valence-electron chi connectivity index (χ2n) is 12.4. The Labute approximate surface area is 305 Å². The van der Waals surface area contributed by atoms with Gasteiger partial charge in [-0.25, -0.2) is 5.48 Å². The van der Waals surface area contributed by atoms with Crippen LogP contribution in [0.3, 0.4) is 0 Å². The van der Waals surface area contributed by atoms with Gasteiger partial charge in [-0.15, -0.1) is 0 Å². The van der Waals surface area contributed by atoms with Crippen molar-refractivity contribution >= 4 is 46.5 Å². The molecule has 0 fully saturated rings. The van der Waals surface area contributed by atoms with Gasteiger partial charge in [0.15, 0.2) is 0 Å². The second-order valence-corrected chi connectivity index (χ2v) is 12.4. The van der Waals surface area contributed by atoms with Gasteiger partial charge in [0, 0.05) is 32.7 Å². The maximum absolute atomic E-state index is 12.9. The number of nitrogens with two attached hydrogens (primary N) is 1. The monoisotopic (exact) mass is 738 g/mol. The minimum atomic E-state index is -1.23. The molecule has 3 aromatic rings. The van der Waals surface area contributed by atoms with Crippen molar-refractivity contribution in [2.75, 3.05) is 65.5 Å². The summed E-state index contributed by atoms with van der Waals surface area (Å²) in [5, 5.41) is 41.5. The summed E-state index contributed by atoms with van der Waals surface area (Å²) in [7, 11) is 0. The van der Waals surface area contributed by atoms with Gasteiger partial charge in [0.1, 0.15) is 0 Å². The summed E-state index contributed by atoms with van der Waals surface area (Å²) in [4.78, 5) is 79.5. The number of carbonyl (C=O) groups excluding carboxylic acids is 2. The smallest absolute Gasteiger partial charge is 0.317 e. The number of carboxylic acid groups (broad SMARTS) is 4. The Balaban J connectivity index is 1.45. The molecule has 0 saturated carbocycles. The van der Waals surface area contributed by atoms with Crippen molar-refractivity contribution in [2.45, 2.75) is 25.4 Å². The van der Waals surface area contributed by atoms with Gasteiger partial charge in [-0.1, -0.05) is 66.7 Å². The zero-order valence-electron chi connectivity index (χ0n) is 29.2. The molecule has 0 aromatic heterocycles. The molecule has 53 heavy (non-hydrogen) atoms. The molecule has 0 aliphatic carbocycles. The fourth-order valence-corrected chi connectivity index (χ4v) is 5.39. The normalized spacial score (nSPS) is 11.8. The van der Waals surface area contributed by atoms with Gasteiger partial charge in [-0.3, -0.25) is 48.3 Å². The first-order valence-electron chi connectivity index (χ1n) is 16.8. The number of aliphatic carboxylic acids is 4. The molecule has 2 amide bonds. The van der Waals surface area contributed by atoms with Crippen LogP contribution in [0.15, 0.2) is 66.7 Å². The fraction of sp³-hybridized carbons (Fsp3) is 0.389. The Morgan fingerprint density at radius 1 is 0.623 bits per heavy atom. The maximum Gasteiger partial charge on any atom is 0.317 e. The Kier molecular flexibility index (Phi) is 17.3. The first kappa shape index (κ1) is 42.0. The number of hydroxylamine groups is 1. The third-order valence-electron chi connectivity index (χ3n) is 8.05. The SMILES string of the molecule is N[C@H](Cc1ccc2ccccc2c1)C(=O)NOCCc1ccc(CNC(=O)CN(CCN(CC(=O)O)CC(=O)O)CCN(CC(=O)O)CC(=O)O)cc1. The van der Waals surface area contributed by atoms with E-state index in [1.54, 1.807) is 4.90 Å². The lowest BCUT2D eigenvalue weighted by molar-refractivity contribution is -0.143. The minimum absolute atomic E-state index is 0.0310. The van der Waals surface area contributed by atoms with E-state index in [2.05, 4.69) is 10.8 Å². The molecule has 0 heterocycles. The highest BCUT2D eigenvalue weighted by Gasteiger charge is 2.20. The van der Waals surface area contributed by atoms with Gasteiger partial charge in [-0.2, -0.15) is 0 Å². The Bertz CT molecular complexity index is 1630. The third-order valence-corrected chi connectivity index (χ3v) is 8.05. The number of fused-ring (bicyclic) bond motifs is 1. The zero-order chi connectivity index (χ0) is 38.8. The topological polar surface area (TPSA) is 252 Å². The second kappa shape index (κ2) is 21.8. The first-order chi connectivity index (χ1) is 25.3. The average Bonchev–Trinajstić information content (AvgIpc) is 3.09. The molecule has 3 aromatic carbocycles. The standard InChI is InChI=1S/C36H46N6O11/c37-30(18-27-9-10-28-3-1-2-4-29(28)17-27)36(52)39-53-16-11-25-5-7-26(8-6-25)19-38-31(43)20-40(12-14-41(21-32(44)45)22-33(46)47)13-15-42(23-34(48)49)24-35(50)51/h1-10,17,30H,11-16,18-24,37H2,(H,38,43)(H,39,52)(H,44,45)(H,46,47)(H,48,49)(H,50,51)/t30-/m1/s1. The number of rotatable bonds is 25. The van der Waals surface area contributed by atoms with E-state index in [0.717, 1.165) is 27.5 Å². The Morgan fingerprint density at radius 3 is 1.66 bits per heavy atom. The predicted molar refractivity (Wildman–Crippen MR) is 192 cm³/mol. The minimum Gasteiger partial charge on any atom is -0.480 e. The molecular formula is C36H46N6O11. The Hall–Kier alpha value is -5.46. The summed E-state index contributed by atoms with van der Waals surface area (Å²) >= 11 is 0. The highest BCUT2D eigenvalue weighted by molar-refractivity contribution is 5.84. The van der Waals surface area contributed by atoms with Gasteiger partial charge in [0.2, 0.25) is 5.91 Å². The van der Waals surface area contributed by atoms with Crippen LogP contribution in [0, 0.1) is 0 Å². The molecule has 8 N–H and O–H groups in total. The van der Waals surface area contributed by atoms with E-state index in [1.165, 1.54) is 9.80 Å². The van der Waals surface area contributed by atoms with Crippen molar-refractivity contribution in [1.29, 1.82) is 0 Å². The quantitative estimate of drug-likeness (QED) is 0.0441. The molecule has 0 saturated heterocycles. The summed E-state index contributed by atoms with van der Waals surface area (Å²) in [6, 6.07) is 20.4. The van der Waals surface area contributed by atoms with Crippen LogP contribution in [0.5, 0.6) is 0 Å². The highest BCUT2D eigenvalue weighted by Crippen LogP contribution is 2.16. The van der Waals surface area contributed by atoms with Crippen LogP contribution < -0.4 is 16.5 Å². The van der Waals surface area contributed by atoms with Crippen molar-refractivity contribution in [3.05, 3.63) is 83.4 Å². The zero-order valence-corrected chi connectivity index (χ0v) is 29.2. The number of carboxylic acids is 4. The van der Waals surface area contributed by atoms with E-state index in [9.17, 15) is 28.8 Å². The molecule has 0 unspecified atom stereocenters. The highest BCUT2D eigenvalue weighted by atomic mass is 16.6. The van der Waals surface area contributed by atoms with Gasteiger partial charge in [0.05, 0.1) is 45.4 Å². The lowest BCUT2D eigenvalue weighted by Crippen LogP contribution is -2.47. The lowest BCUT2D eigenvalue weighted by Gasteiger charge is -2.28. The molecule has 0 radical (unpaired) electrons. The van der Waals surface area contributed by atoms with E-state index in [1.807, 2.05) is 66.7 Å². The van der Waals surface area contributed by atoms with Crippen LogP contribution in [0.25, 0.3) is 10.8 Å². The molecule has 0 aliphatic rings. The summed E-state index contributed by atoms with van der Waals surface area (Å²) in [5.41, 5.74) is 11.1. The van der Waals surface area contributed by atoms with Crippen molar-refractivity contribution in [1.82, 2.24) is 25.5 Å². The Morgan fingerprint density at radius 2 is 1.11 bits per heavy atom. The van der Waals surface area contributed by atoms with Crippen LogP contribution >= 0.6 is 0 Å². The number of benzene rings is 3. The molecule has 1 atom stereocenters. The predicted octanol–water partition coefficient (Wildman–Crippen LogP) is -0.139. The summed E-state index contributed by atoms with van der Waals surface area (Å²) < 4.78 is 0. The largest absolute Gasteiger partial charge is 0.480 e. The molecule has 17 heteroatoms. The molecule has 17 nitrogen and oxygen atoms in total. The van der Waals surface area contributed by atoms with Crippen LogP contribution in [0.2, 0.25) is 0 Å². The van der Waals surface area contributed by atoms with Gasteiger partial charge in [0.25, 0.3) is 5.91 Å². The molecule has 3 rings (SSSR count). The van der Waals surface area contributed by atoms with Crippen molar-refractivity contribution in [3.63, 3.8) is 0 Å². The van der Waals surface area contributed by atoms with Crippen LogP contribution in [-0.2, 0) is 53.0 Å². The van der Waals surface area contributed by atoms with Crippen LogP contribution in [-0.4, -0.2) is 142 Å². The molecular weight excluding hydrogens is 692 g/mol. The van der Waals surface area contributed by atoms with E-state index < -0.39 is 67.9 Å². The van der Waals surface area contributed by atoms with Crippen LogP contribution in [0.1, 0.15) is 16.7 Å². The van der Waals surface area contributed by atoms with E-state index in [-0.39, 0.29) is 45.9 Å². The van der Waals surface area contributed by atoms with Crippen LogP contribution in [0.4, 0.5) is 0 Å². The third kappa shape index (κ3) is 16.6. The summed E-state index contributed by atoms with van der Waals surface area (Å²) in [5.74, 6) is -5.78. The van der Waals surface area contributed by atoms with Gasteiger partial charge < -0.3 is 31.5 Å². The maximum atomic E-state index is 12.9. The lowest BCUT2D eigenvalue weighted by atomic mass is 10.0. The summed E-state index contributed by atoms with van der Waals surface area (Å²) in [6.45, 7) is -1.98. The first-order valence-corrected chi connectivity index (χ1v) is 16.8. The molecule has 0 aliphatic heterocycles. The number of hydrogen-bond acceptors (Lipinski definition) is 11. The number of carbonyl (C=O) groups is 6.